The van der Waals surface area contributed by atoms with Crippen molar-refractivity contribution in [3.05, 3.63) is 18.3 Å². The van der Waals surface area contributed by atoms with Gasteiger partial charge in [-0.25, -0.2) is 18.2 Å². The van der Waals surface area contributed by atoms with Crippen LogP contribution in [0.15, 0.2) is 28.3 Å². The van der Waals surface area contributed by atoms with E-state index in [1.807, 2.05) is 0 Å². The van der Waals surface area contributed by atoms with Gasteiger partial charge < -0.3 is 5.32 Å². The third kappa shape index (κ3) is 4.46. The second-order valence-corrected chi connectivity index (χ2v) is 8.57. The molecule has 10 heteroatoms. The van der Waals surface area contributed by atoms with Crippen molar-refractivity contribution in [2.24, 2.45) is 0 Å². The van der Waals surface area contributed by atoms with Crippen molar-refractivity contribution in [2.45, 2.75) is 34.9 Å². The van der Waals surface area contributed by atoms with Crippen molar-refractivity contribution in [2.75, 3.05) is 20.1 Å². The Morgan fingerprint density at radius 1 is 1.29 bits per heavy atom. The number of hydrogen-bond acceptors (Lipinski definition) is 6. The molecule has 0 spiro atoms. The molecule has 2 rings (SSSR count). The van der Waals surface area contributed by atoms with Crippen molar-refractivity contribution < 1.29 is 18.0 Å². The van der Waals surface area contributed by atoms with Gasteiger partial charge in [0.05, 0.1) is 10.3 Å². The second-order valence-electron chi connectivity index (χ2n) is 5.27. The fourth-order valence-corrected chi connectivity index (χ4v) is 4.43. The zero-order chi connectivity index (χ0) is 17.7. The van der Waals surface area contributed by atoms with Crippen LogP contribution in [0.5, 0.6) is 0 Å². The quantitative estimate of drug-likeness (QED) is 0.740. The number of carbonyl (C=O) groups is 2. The minimum atomic E-state index is -3.49. The van der Waals surface area contributed by atoms with Gasteiger partial charge in [0.25, 0.3) is 0 Å². The first-order valence-corrected chi connectivity index (χ1v) is 9.82. The molecule has 3 amide bonds. The number of aromatic nitrogens is 1. The molecule has 1 saturated heterocycles. The zero-order valence-electron chi connectivity index (χ0n) is 13.5. The summed E-state index contributed by atoms with van der Waals surface area (Å²) in [5, 5.41) is 4.44. The van der Waals surface area contributed by atoms with Gasteiger partial charge in [-0.1, -0.05) is 11.8 Å². The lowest BCUT2D eigenvalue weighted by Crippen LogP contribution is -2.41. The first-order valence-electron chi connectivity index (χ1n) is 7.50. The van der Waals surface area contributed by atoms with Crippen LogP contribution in [0.25, 0.3) is 0 Å². The van der Waals surface area contributed by atoms with Crippen molar-refractivity contribution in [1.29, 1.82) is 0 Å². The van der Waals surface area contributed by atoms with E-state index in [9.17, 15) is 18.0 Å². The number of carbonyl (C=O) groups excluding carboxylic acids is 2. The van der Waals surface area contributed by atoms with E-state index in [2.05, 4.69) is 15.6 Å². The molecule has 2 N–H and O–H groups in total. The van der Waals surface area contributed by atoms with Crippen LogP contribution in [0.3, 0.4) is 0 Å². The molecule has 132 valence electrons. The molecule has 0 saturated carbocycles. The lowest BCUT2D eigenvalue weighted by Gasteiger charge is -2.15. The highest BCUT2D eigenvalue weighted by Crippen LogP contribution is 2.24. The molecule has 0 aromatic carbocycles. The molecule has 1 atom stereocenters. The summed E-state index contributed by atoms with van der Waals surface area (Å²) in [5.41, 5.74) is 0. The number of nitrogens with zero attached hydrogens (tertiary/aromatic N) is 2. The topological polar surface area (TPSA) is 108 Å². The number of thioether (sulfide) groups is 1. The number of hydrogen-bond donors (Lipinski definition) is 2. The molecule has 8 nitrogen and oxygen atoms in total. The van der Waals surface area contributed by atoms with E-state index in [0.29, 0.717) is 18.1 Å². The summed E-state index contributed by atoms with van der Waals surface area (Å²) in [6.07, 6.45) is 3.05. The van der Waals surface area contributed by atoms with Crippen molar-refractivity contribution >= 4 is 33.7 Å². The molecule has 1 aliphatic heterocycles. The number of imide groups is 1. The Morgan fingerprint density at radius 2 is 1.96 bits per heavy atom. The van der Waals surface area contributed by atoms with E-state index in [1.54, 1.807) is 13.0 Å². The van der Waals surface area contributed by atoms with Crippen LogP contribution in [0, 0.1) is 0 Å². The highest BCUT2D eigenvalue weighted by atomic mass is 32.2. The summed E-state index contributed by atoms with van der Waals surface area (Å²) in [5.74, 6) is -0.449. The molecule has 1 aromatic heterocycles. The molecule has 2 heterocycles. The van der Waals surface area contributed by atoms with Gasteiger partial charge in [-0.15, -0.1) is 0 Å². The number of amides is 3. The monoisotopic (exact) mass is 372 g/mol. The SMILES string of the molecule is CNC(=O)NC(=O)[C@H](C)Sc1ccc(S(=O)(=O)N2CCCC2)cn1. The van der Waals surface area contributed by atoms with Gasteiger partial charge in [0.2, 0.25) is 15.9 Å². The number of rotatable bonds is 5. The molecule has 0 unspecified atom stereocenters. The Balaban J connectivity index is 2.01. The summed E-state index contributed by atoms with van der Waals surface area (Å²) >= 11 is 1.14. The van der Waals surface area contributed by atoms with Crippen molar-refractivity contribution in [3.63, 3.8) is 0 Å². The first kappa shape index (κ1) is 18.7. The Kier molecular flexibility index (Phi) is 6.19. The van der Waals surface area contributed by atoms with Crippen LogP contribution in [0.1, 0.15) is 19.8 Å². The molecule has 1 aromatic rings. The van der Waals surface area contributed by atoms with E-state index in [-0.39, 0.29) is 4.90 Å². The molecule has 1 aliphatic rings. The van der Waals surface area contributed by atoms with Gasteiger partial charge in [-0.2, -0.15) is 4.31 Å². The third-order valence-corrected chi connectivity index (χ3v) is 6.48. The smallest absolute Gasteiger partial charge is 0.321 e. The van der Waals surface area contributed by atoms with E-state index in [4.69, 9.17) is 0 Å². The number of nitrogens with one attached hydrogen (secondary N) is 2. The summed E-state index contributed by atoms with van der Waals surface area (Å²) in [7, 11) is -2.07. The largest absolute Gasteiger partial charge is 0.341 e. The highest BCUT2D eigenvalue weighted by molar-refractivity contribution is 8.00. The van der Waals surface area contributed by atoms with Gasteiger partial charge in [-0.3, -0.25) is 10.1 Å². The van der Waals surface area contributed by atoms with Crippen LogP contribution in [0.2, 0.25) is 0 Å². The van der Waals surface area contributed by atoms with Crippen LogP contribution >= 0.6 is 11.8 Å². The zero-order valence-corrected chi connectivity index (χ0v) is 15.1. The molecule has 0 bridgehead atoms. The summed E-state index contributed by atoms with van der Waals surface area (Å²) in [6, 6.07) is 2.48. The molecule has 24 heavy (non-hydrogen) atoms. The van der Waals surface area contributed by atoms with Gasteiger partial charge >= 0.3 is 6.03 Å². The third-order valence-electron chi connectivity index (χ3n) is 3.54. The Hall–Kier alpha value is -1.65. The fraction of sp³-hybridized carbons (Fsp3) is 0.500. The minimum Gasteiger partial charge on any atom is -0.341 e. The maximum absolute atomic E-state index is 12.4. The molecule has 0 radical (unpaired) electrons. The van der Waals surface area contributed by atoms with Gasteiger partial charge in [0, 0.05) is 26.3 Å². The van der Waals surface area contributed by atoms with E-state index in [1.165, 1.54) is 23.6 Å². The predicted molar refractivity (Wildman–Crippen MR) is 90.1 cm³/mol. The Morgan fingerprint density at radius 3 is 2.50 bits per heavy atom. The number of pyridine rings is 1. The Labute approximate surface area is 145 Å². The standard InChI is InChI=1S/C14H20N4O4S2/c1-10(13(19)17-14(20)15-2)23-12-6-5-11(9-16-12)24(21,22)18-7-3-4-8-18/h5-6,9-10H,3-4,7-8H2,1-2H3,(H2,15,17,19,20)/t10-/m0/s1. The number of sulfonamides is 1. The summed E-state index contributed by atoms with van der Waals surface area (Å²) in [6.45, 7) is 2.71. The molecular weight excluding hydrogens is 352 g/mol. The van der Waals surface area contributed by atoms with Gasteiger partial charge in [0.1, 0.15) is 4.90 Å². The van der Waals surface area contributed by atoms with Crippen molar-refractivity contribution in [3.8, 4) is 0 Å². The molecule has 0 aliphatic carbocycles. The van der Waals surface area contributed by atoms with Crippen LogP contribution < -0.4 is 10.6 Å². The average molecular weight is 372 g/mol. The van der Waals surface area contributed by atoms with E-state index < -0.39 is 27.2 Å². The van der Waals surface area contributed by atoms with Crippen LogP contribution in [-0.4, -0.2) is 55.0 Å². The normalized spacial score (nSPS) is 16.6. The molecule has 1 fully saturated rings. The lowest BCUT2D eigenvalue weighted by molar-refractivity contribution is -0.119. The van der Waals surface area contributed by atoms with E-state index in [0.717, 1.165) is 24.6 Å². The average Bonchev–Trinajstić information content (AvgIpc) is 3.10. The maximum atomic E-state index is 12.4. The summed E-state index contributed by atoms with van der Waals surface area (Å²) in [4.78, 5) is 27.2. The van der Waals surface area contributed by atoms with Crippen molar-refractivity contribution in [1.82, 2.24) is 19.9 Å². The number of urea groups is 1. The maximum Gasteiger partial charge on any atom is 0.321 e. The van der Waals surface area contributed by atoms with Gasteiger partial charge in [-0.05, 0) is 31.9 Å². The van der Waals surface area contributed by atoms with E-state index >= 15 is 0 Å². The minimum absolute atomic E-state index is 0.149. The second kappa shape index (κ2) is 7.95. The predicted octanol–water partition coefficient (Wildman–Crippen LogP) is 0.802. The van der Waals surface area contributed by atoms with Crippen LogP contribution in [-0.2, 0) is 14.8 Å². The fourth-order valence-electron chi connectivity index (χ4n) is 2.18. The van der Waals surface area contributed by atoms with Gasteiger partial charge in [0.15, 0.2) is 0 Å². The lowest BCUT2D eigenvalue weighted by atomic mass is 10.4. The summed E-state index contributed by atoms with van der Waals surface area (Å²) < 4.78 is 26.3. The molecular formula is C14H20N4O4S2. The Bertz CT molecular complexity index is 700. The van der Waals surface area contributed by atoms with Crippen LogP contribution in [0.4, 0.5) is 4.79 Å². The first-order chi connectivity index (χ1) is 11.3. The highest BCUT2D eigenvalue weighted by Gasteiger charge is 2.27.